The Morgan fingerprint density at radius 2 is 1.61 bits per heavy atom. The fourth-order valence-corrected chi connectivity index (χ4v) is 4.89. The van der Waals surface area contributed by atoms with Crippen molar-refractivity contribution in [3.05, 3.63) is 106 Å². The molecule has 1 N–H and O–H groups in total. The third-order valence-electron chi connectivity index (χ3n) is 6.63. The number of hydrogen-bond acceptors (Lipinski definition) is 2. The van der Waals surface area contributed by atoms with Gasteiger partial charge in [-0.15, -0.1) is 0 Å². The summed E-state index contributed by atoms with van der Waals surface area (Å²) in [6.45, 7) is 0.0702. The largest absolute Gasteiger partial charge is 0.352 e. The Kier molecular flexibility index (Phi) is 8.70. The highest BCUT2D eigenvalue weighted by molar-refractivity contribution is 6.31. The summed E-state index contributed by atoms with van der Waals surface area (Å²) in [7, 11) is 0. The van der Waals surface area contributed by atoms with Crippen LogP contribution in [0.3, 0.4) is 0 Å². The minimum absolute atomic E-state index is 0.0690. The highest BCUT2D eigenvalue weighted by Gasteiger charge is 2.32. The molecule has 3 aromatic carbocycles. The van der Waals surface area contributed by atoms with Gasteiger partial charge in [-0.3, -0.25) is 9.59 Å². The van der Waals surface area contributed by atoms with Gasteiger partial charge in [-0.05, 0) is 48.2 Å². The van der Waals surface area contributed by atoms with Crippen LogP contribution in [0.4, 0.5) is 8.78 Å². The zero-order chi connectivity index (χ0) is 25.5. The molecule has 3 aromatic rings. The van der Waals surface area contributed by atoms with Gasteiger partial charge in [-0.2, -0.15) is 0 Å². The Labute approximate surface area is 215 Å². The second kappa shape index (κ2) is 12.1. The van der Waals surface area contributed by atoms with Gasteiger partial charge in [0.1, 0.15) is 17.7 Å². The quantitative estimate of drug-likeness (QED) is 0.392. The molecule has 0 bridgehead atoms. The molecule has 7 heteroatoms. The number of benzene rings is 3. The first-order valence-electron chi connectivity index (χ1n) is 12.2. The SMILES string of the molecule is O=C(NC1CCCC1)[C@@H](Cc1ccccc1)N(Cc1ccc(F)cc1)C(=O)Cc1c(F)cccc1Cl. The number of halogens is 3. The molecule has 0 unspecified atom stereocenters. The van der Waals surface area contributed by atoms with Gasteiger partial charge in [0.25, 0.3) is 0 Å². The van der Waals surface area contributed by atoms with Crippen molar-refractivity contribution in [2.75, 3.05) is 0 Å². The molecule has 0 heterocycles. The summed E-state index contributed by atoms with van der Waals surface area (Å²) in [5, 5.41) is 3.28. The highest BCUT2D eigenvalue weighted by Crippen LogP contribution is 2.23. The predicted octanol–water partition coefficient (Wildman–Crippen LogP) is 5.86. The number of rotatable bonds is 9. The van der Waals surface area contributed by atoms with Gasteiger partial charge >= 0.3 is 0 Å². The van der Waals surface area contributed by atoms with Crippen molar-refractivity contribution in [3.63, 3.8) is 0 Å². The number of amides is 2. The average molecular weight is 511 g/mol. The molecule has 188 valence electrons. The van der Waals surface area contributed by atoms with Gasteiger partial charge in [0.2, 0.25) is 11.8 Å². The van der Waals surface area contributed by atoms with E-state index in [4.69, 9.17) is 11.6 Å². The maximum absolute atomic E-state index is 14.5. The van der Waals surface area contributed by atoms with E-state index in [1.165, 1.54) is 35.2 Å². The van der Waals surface area contributed by atoms with Gasteiger partial charge in [0.05, 0.1) is 6.42 Å². The summed E-state index contributed by atoms with van der Waals surface area (Å²) in [6.07, 6.45) is 3.91. The van der Waals surface area contributed by atoms with Crippen molar-refractivity contribution in [2.45, 2.75) is 57.2 Å². The van der Waals surface area contributed by atoms with Crippen LogP contribution in [-0.2, 0) is 29.0 Å². The number of nitrogens with zero attached hydrogens (tertiary/aromatic N) is 1. The second-order valence-electron chi connectivity index (χ2n) is 9.22. The van der Waals surface area contributed by atoms with Gasteiger partial charge in [-0.1, -0.05) is 73.0 Å². The van der Waals surface area contributed by atoms with Crippen LogP contribution in [-0.4, -0.2) is 28.8 Å². The van der Waals surface area contributed by atoms with Gasteiger partial charge in [0.15, 0.2) is 0 Å². The lowest BCUT2D eigenvalue weighted by Gasteiger charge is -2.32. The summed E-state index contributed by atoms with van der Waals surface area (Å²) >= 11 is 6.21. The molecule has 0 aromatic heterocycles. The van der Waals surface area contributed by atoms with Gasteiger partial charge in [-0.25, -0.2) is 8.78 Å². The van der Waals surface area contributed by atoms with E-state index in [-0.39, 0.29) is 41.9 Å². The molecule has 0 aliphatic heterocycles. The maximum Gasteiger partial charge on any atom is 0.243 e. The minimum atomic E-state index is -0.837. The summed E-state index contributed by atoms with van der Waals surface area (Å²) in [5.74, 6) is -1.66. The lowest BCUT2D eigenvalue weighted by atomic mass is 10.0. The summed E-state index contributed by atoms with van der Waals surface area (Å²) in [5.41, 5.74) is 1.64. The van der Waals surface area contributed by atoms with Crippen LogP contribution < -0.4 is 5.32 Å². The van der Waals surface area contributed by atoms with Crippen molar-refractivity contribution in [2.24, 2.45) is 0 Å². The van der Waals surface area contributed by atoms with E-state index in [0.717, 1.165) is 31.2 Å². The molecule has 1 fully saturated rings. The smallest absolute Gasteiger partial charge is 0.243 e. The molecule has 1 aliphatic carbocycles. The Morgan fingerprint density at radius 3 is 2.28 bits per heavy atom. The van der Waals surface area contributed by atoms with E-state index in [1.807, 2.05) is 30.3 Å². The monoisotopic (exact) mass is 510 g/mol. The molecule has 1 saturated carbocycles. The third kappa shape index (κ3) is 6.70. The van der Waals surface area contributed by atoms with Crippen LogP contribution in [0, 0.1) is 11.6 Å². The van der Waals surface area contributed by atoms with Crippen LogP contribution in [0.15, 0.2) is 72.8 Å². The minimum Gasteiger partial charge on any atom is -0.352 e. The topological polar surface area (TPSA) is 49.4 Å². The molecule has 4 nitrogen and oxygen atoms in total. The lowest BCUT2D eigenvalue weighted by molar-refractivity contribution is -0.141. The summed E-state index contributed by atoms with van der Waals surface area (Å²) < 4.78 is 28.1. The van der Waals surface area contributed by atoms with E-state index in [9.17, 15) is 18.4 Å². The fraction of sp³-hybridized carbons (Fsp3) is 0.310. The first-order valence-corrected chi connectivity index (χ1v) is 12.6. The Bertz CT molecular complexity index is 1160. The highest BCUT2D eigenvalue weighted by atomic mass is 35.5. The van der Waals surface area contributed by atoms with Crippen molar-refractivity contribution in [3.8, 4) is 0 Å². The van der Waals surface area contributed by atoms with Crippen molar-refractivity contribution in [1.82, 2.24) is 10.2 Å². The van der Waals surface area contributed by atoms with Crippen molar-refractivity contribution < 1.29 is 18.4 Å². The van der Waals surface area contributed by atoms with Gasteiger partial charge in [0, 0.05) is 29.6 Å². The van der Waals surface area contributed by atoms with E-state index < -0.39 is 23.6 Å². The van der Waals surface area contributed by atoms with Crippen molar-refractivity contribution >= 4 is 23.4 Å². The predicted molar refractivity (Wildman–Crippen MR) is 136 cm³/mol. The Balaban J connectivity index is 1.68. The first-order chi connectivity index (χ1) is 17.4. The molecular weight excluding hydrogens is 482 g/mol. The first kappa shape index (κ1) is 25.8. The standard InChI is InChI=1S/C29H29ClF2N2O2/c30-25-11-6-12-26(32)24(25)18-28(35)34(19-21-13-15-22(31)16-14-21)27(17-20-7-2-1-3-8-20)29(36)33-23-9-4-5-10-23/h1-3,6-8,11-16,23,27H,4-5,9-10,17-19H2,(H,33,36)/t27-/m1/s1. The zero-order valence-corrected chi connectivity index (χ0v) is 20.7. The molecule has 0 spiro atoms. The van der Waals surface area contributed by atoms with E-state index in [1.54, 1.807) is 12.1 Å². The van der Waals surface area contributed by atoms with Gasteiger partial charge < -0.3 is 10.2 Å². The Hall–Kier alpha value is -3.25. The number of hydrogen-bond donors (Lipinski definition) is 1. The fourth-order valence-electron chi connectivity index (χ4n) is 4.66. The van der Waals surface area contributed by atoms with E-state index in [2.05, 4.69) is 5.32 Å². The molecule has 2 amide bonds. The molecule has 0 saturated heterocycles. The average Bonchev–Trinajstić information content (AvgIpc) is 3.38. The van der Waals surface area contributed by atoms with Crippen LogP contribution in [0.25, 0.3) is 0 Å². The normalized spacial score (nSPS) is 14.4. The number of carbonyl (C=O) groups excluding carboxylic acids is 2. The van der Waals surface area contributed by atoms with Crippen molar-refractivity contribution in [1.29, 1.82) is 0 Å². The number of nitrogens with one attached hydrogen (secondary N) is 1. The molecule has 0 radical (unpaired) electrons. The van der Waals surface area contributed by atoms with E-state index in [0.29, 0.717) is 5.56 Å². The van der Waals surface area contributed by atoms with Crippen LogP contribution in [0.2, 0.25) is 5.02 Å². The lowest BCUT2D eigenvalue weighted by Crippen LogP contribution is -2.52. The molecule has 36 heavy (non-hydrogen) atoms. The van der Waals surface area contributed by atoms with E-state index >= 15 is 0 Å². The molecule has 4 rings (SSSR count). The third-order valence-corrected chi connectivity index (χ3v) is 6.98. The number of carbonyl (C=O) groups is 2. The maximum atomic E-state index is 14.5. The zero-order valence-electron chi connectivity index (χ0n) is 19.9. The molecular formula is C29H29ClF2N2O2. The summed E-state index contributed by atoms with van der Waals surface area (Å²) in [4.78, 5) is 28.8. The van der Waals surface area contributed by atoms with Crippen LogP contribution in [0.5, 0.6) is 0 Å². The Morgan fingerprint density at radius 1 is 0.917 bits per heavy atom. The molecule has 1 aliphatic rings. The summed E-state index contributed by atoms with van der Waals surface area (Å²) in [6, 6.07) is 18.8. The second-order valence-corrected chi connectivity index (χ2v) is 9.63. The van der Waals surface area contributed by atoms with Crippen LogP contribution >= 0.6 is 11.6 Å². The molecule has 1 atom stereocenters. The van der Waals surface area contributed by atoms with Crippen LogP contribution in [0.1, 0.15) is 42.4 Å².